The first-order valence-corrected chi connectivity index (χ1v) is 13.3. The molecule has 1 fully saturated rings. The van der Waals surface area contributed by atoms with E-state index < -0.39 is 0 Å². The number of amides is 1. The number of carbonyl (C=O) groups excluding carboxylic acids is 1. The zero-order chi connectivity index (χ0) is 26.8. The van der Waals surface area contributed by atoms with Crippen molar-refractivity contribution in [1.82, 2.24) is 19.8 Å². The Hall–Kier alpha value is -3.97. The van der Waals surface area contributed by atoms with E-state index in [9.17, 15) is 4.79 Å². The van der Waals surface area contributed by atoms with E-state index in [1.54, 1.807) is 0 Å². The van der Waals surface area contributed by atoms with E-state index >= 15 is 0 Å². The summed E-state index contributed by atoms with van der Waals surface area (Å²) >= 11 is 5.84. The summed E-state index contributed by atoms with van der Waals surface area (Å²) in [5.41, 5.74) is 8.74. The number of aromatic nitrogens is 2. The van der Waals surface area contributed by atoms with Gasteiger partial charge in [0.25, 0.3) is 0 Å². The van der Waals surface area contributed by atoms with Crippen LogP contribution in [0.25, 0.3) is 5.69 Å². The van der Waals surface area contributed by atoms with Crippen LogP contribution in [-0.4, -0.2) is 32.0 Å². The Labute approximate surface area is 229 Å². The minimum Gasteiger partial charge on any atom is -0.352 e. The molecule has 7 heteroatoms. The van der Waals surface area contributed by atoms with Crippen LogP contribution >= 0.6 is 12.2 Å². The second-order valence-electron chi connectivity index (χ2n) is 9.93. The lowest BCUT2D eigenvalue weighted by Crippen LogP contribution is -2.32. The second-order valence-corrected chi connectivity index (χ2v) is 10.3. The van der Waals surface area contributed by atoms with E-state index in [-0.39, 0.29) is 18.0 Å². The molecule has 1 aliphatic rings. The zero-order valence-electron chi connectivity index (χ0n) is 22.2. The first-order chi connectivity index (χ1) is 18.3. The fourth-order valence-corrected chi connectivity index (χ4v) is 5.67. The number of thiocarbonyl (C=S) groups is 1. The molecule has 0 spiro atoms. The van der Waals surface area contributed by atoms with E-state index in [1.807, 2.05) is 55.6 Å². The van der Waals surface area contributed by atoms with Crippen LogP contribution in [0, 0.1) is 27.7 Å². The van der Waals surface area contributed by atoms with Crippen molar-refractivity contribution in [2.75, 3.05) is 11.9 Å². The molecule has 38 heavy (non-hydrogen) atoms. The largest absolute Gasteiger partial charge is 0.352 e. The van der Waals surface area contributed by atoms with Gasteiger partial charge in [-0.15, -0.1) is 0 Å². The lowest BCUT2D eigenvalue weighted by atomic mass is 9.96. The van der Waals surface area contributed by atoms with Gasteiger partial charge in [-0.3, -0.25) is 9.78 Å². The lowest BCUT2D eigenvalue weighted by molar-refractivity contribution is -0.116. The van der Waals surface area contributed by atoms with Gasteiger partial charge in [-0.05, 0) is 87.4 Å². The molecule has 6 nitrogen and oxygen atoms in total. The number of carbonyl (C=O) groups is 1. The Bertz CT molecular complexity index is 1460. The maximum absolute atomic E-state index is 12.9. The smallest absolute Gasteiger partial charge is 0.226 e. The molecule has 0 saturated carbocycles. The van der Waals surface area contributed by atoms with Gasteiger partial charge in [0.2, 0.25) is 5.91 Å². The molecule has 0 radical (unpaired) electrons. The molecule has 4 aromatic rings. The van der Waals surface area contributed by atoms with Crippen molar-refractivity contribution in [1.29, 1.82) is 0 Å². The van der Waals surface area contributed by atoms with Crippen LogP contribution in [0.2, 0.25) is 0 Å². The Balaban J connectivity index is 1.47. The number of nitrogens with zero attached hydrogens (tertiary/aromatic N) is 3. The third-order valence-corrected chi connectivity index (χ3v) is 7.61. The summed E-state index contributed by atoms with van der Waals surface area (Å²) in [5.74, 6) is -0.0397. The molecule has 194 valence electrons. The topological polar surface area (TPSA) is 62.2 Å². The predicted molar refractivity (Wildman–Crippen MR) is 157 cm³/mol. The third-order valence-electron chi connectivity index (χ3n) is 7.26. The van der Waals surface area contributed by atoms with Gasteiger partial charge in [0.15, 0.2) is 5.11 Å². The van der Waals surface area contributed by atoms with E-state index in [2.05, 4.69) is 76.2 Å². The number of anilines is 1. The van der Waals surface area contributed by atoms with E-state index in [0.717, 1.165) is 28.3 Å². The average molecular weight is 524 g/mol. The fourth-order valence-electron chi connectivity index (χ4n) is 5.34. The Morgan fingerprint density at radius 1 is 1.00 bits per heavy atom. The molecule has 1 saturated heterocycles. The summed E-state index contributed by atoms with van der Waals surface area (Å²) in [6, 6.07) is 24.2. The van der Waals surface area contributed by atoms with Crippen molar-refractivity contribution in [3.63, 3.8) is 0 Å². The van der Waals surface area contributed by atoms with Gasteiger partial charge in [0, 0.05) is 41.9 Å². The highest BCUT2D eigenvalue weighted by Crippen LogP contribution is 2.41. The third kappa shape index (κ3) is 5.07. The first kappa shape index (κ1) is 25.7. The van der Waals surface area contributed by atoms with E-state index in [4.69, 9.17) is 12.2 Å². The second kappa shape index (κ2) is 10.8. The normalized spacial score (nSPS) is 16.9. The summed E-state index contributed by atoms with van der Waals surface area (Å²) in [4.78, 5) is 19.7. The molecule has 0 aliphatic carbocycles. The van der Waals surface area contributed by atoms with Gasteiger partial charge >= 0.3 is 0 Å². The molecule has 2 N–H and O–H groups in total. The van der Waals surface area contributed by atoms with Gasteiger partial charge in [0.05, 0.1) is 17.8 Å². The van der Waals surface area contributed by atoms with Crippen LogP contribution in [0.3, 0.4) is 0 Å². The molecule has 1 amide bonds. The standard InChI is InChI=1S/C31H33N5OS/c1-20-12-14-24(15-13-20)33-28(37)16-18-35-30(29(34-31(35)38)26-10-7-8-17-32-26)25-19-22(3)36(23(25)4)27-11-6-5-9-21(27)2/h5-15,17,19,29-30H,16,18H2,1-4H3,(H,33,37)(H,34,38)/t29-,30-/m1/s1. The SMILES string of the molecule is Cc1ccc(NC(=O)CCN2C(=S)N[C@H](c3ccccn3)[C@H]2c2cc(C)n(-c3ccccc3C)c2C)cc1. The number of hydrogen-bond acceptors (Lipinski definition) is 3. The number of hydrogen-bond donors (Lipinski definition) is 2. The maximum Gasteiger partial charge on any atom is 0.226 e. The predicted octanol–water partition coefficient (Wildman–Crippen LogP) is 6.11. The molecule has 3 heterocycles. The van der Waals surface area contributed by atoms with Crippen LogP contribution in [0.1, 0.15) is 52.3 Å². The van der Waals surface area contributed by atoms with Crippen molar-refractivity contribution >= 4 is 28.9 Å². The average Bonchev–Trinajstić information content (AvgIpc) is 3.39. The fraction of sp³-hybridized carbons (Fsp3) is 0.258. The molecule has 0 unspecified atom stereocenters. The minimum atomic E-state index is -0.130. The highest BCUT2D eigenvalue weighted by molar-refractivity contribution is 7.80. The molecular formula is C31H33N5OS. The summed E-state index contributed by atoms with van der Waals surface area (Å²) in [6.45, 7) is 8.95. The van der Waals surface area contributed by atoms with Gasteiger partial charge < -0.3 is 20.1 Å². The van der Waals surface area contributed by atoms with Crippen molar-refractivity contribution in [3.8, 4) is 5.69 Å². The quantitative estimate of drug-likeness (QED) is 0.286. The van der Waals surface area contributed by atoms with Crippen LogP contribution in [0.5, 0.6) is 0 Å². The lowest BCUT2D eigenvalue weighted by Gasteiger charge is -2.28. The number of rotatable bonds is 7. The Morgan fingerprint density at radius 3 is 2.45 bits per heavy atom. The first-order valence-electron chi connectivity index (χ1n) is 12.9. The van der Waals surface area contributed by atoms with Gasteiger partial charge in [-0.2, -0.15) is 0 Å². The minimum absolute atomic E-state index is 0.0397. The zero-order valence-corrected chi connectivity index (χ0v) is 23.0. The molecule has 5 rings (SSSR count). The van der Waals surface area contributed by atoms with E-state index in [1.165, 1.54) is 16.8 Å². The van der Waals surface area contributed by atoms with Crippen molar-refractivity contribution in [2.45, 2.75) is 46.2 Å². The van der Waals surface area contributed by atoms with Crippen molar-refractivity contribution < 1.29 is 4.79 Å². The highest BCUT2D eigenvalue weighted by atomic mass is 32.1. The highest BCUT2D eigenvalue weighted by Gasteiger charge is 2.41. The van der Waals surface area contributed by atoms with Crippen LogP contribution in [-0.2, 0) is 4.79 Å². The molecule has 2 aromatic carbocycles. The van der Waals surface area contributed by atoms with Crippen LogP contribution < -0.4 is 10.6 Å². The number of nitrogens with one attached hydrogen (secondary N) is 2. The van der Waals surface area contributed by atoms with Crippen LogP contribution in [0.4, 0.5) is 5.69 Å². The summed E-state index contributed by atoms with van der Waals surface area (Å²) in [6.07, 6.45) is 2.13. The molecule has 0 bridgehead atoms. The summed E-state index contributed by atoms with van der Waals surface area (Å²) in [7, 11) is 0. The van der Waals surface area contributed by atoms with Crippen molar-refractivity contribution in [3.05, 3.63) is 113 Å². The van der Waals surface area contributed by atoms with Gasteiger partial charge in [-0.1, -0.05) is 42.0 Å². The van der Waals surface area contributed by atoms with Crippen molar-refractivity contribution in [2.24, 2.45) is 0 Å². The summed E-state index contributed by atoms with van der Waals surface area (Å²) < 4.78 is 2.31. The van der Waals surface area contributed by atoms with Gasteiger partial charge in [0.1, 0.15) is 0 Å². The monoisotopic (exact) mass is 523 g/mol. The molecule has 2 atom stereocenters. The van der Waals surface area contributed by atoms with Crippen LogP contribution in [0.15, 0.2) is 79.0 Å². The Morgan fingerprint density at radius 2 is 1.74 bits per heavy atom. The maximum atomic E-state index is 12.9. The number of benzene rings is 2. The molecule has 2 aromatic heterocycles. The van der Waals surface area contributed by atoms with E-state index in [0.29, 0.717) is 18.1 Å². The number of para-hydroxylation sites is 1. The Kier molecular flexibility index (Phi) is 7.29. The molecular weight excluding hydrogens is 490 g/mol. The summed E-state index contributed by atoms with van der Waals surface area (Å²) in [5, 5.41) is 7.16. The molecule has 1 aliphatic heterocycles. The number of pyridine rings is 1. The van der Waals surface area contributed by atoms with Gasteiger partial charge in [-0.25, -0.2) is 0 Å². The number of aryl methyl sites for hydroxylation is 3.